The summed E-state index contributed by atoms with van der Waals surface area (Å²) in [7, 11) is 3.70. The molecule has 1 saturated heterocycles. The van der Waals surface area contributed by atoms with Crippen LogP contribution >= 0.6 is 0 Å². The van der Waals surface area contributed by atoms with Gasteiger partial charge in [0.1, 0.15) is 0 Å². The predicted octanol–water partition coefficient (Wildman–Crippen LogP) is 1.61. The van der Waals surface area contributed by atoms with E-state index in [-0.39, 0.29) is 6.03 Å². The molecule has 1 aliphatic rings. The second-order valence-electron chi connectivity index (χ2n) is 5.98. The van der Waals surface area contributed by atoms with Crippen LogP contribution in [0.15, 0.2) is 0 Å². The molecule has 1 heterocycles. The molecular formula is C15H29N3O3. The van der Waals surface area contributed by atoms with Gasteiger partial charge in [0.25, 0.3) is 0 Å². The molecule has 0 aliphatic carbocycles. The summed E-state index contributed by atoms with van der Waals surface area (Å²) < 4.78 is 0. The van der Waals surface area contributed by atoms with Crippen LogP contribution in [0.25, 0.3) is 0 Å². The highest BCUT2D eigenvalue weighted by Crippen LogP contribution is 2.36. The molecule has 0 aromatic rings. The fraction of sp³-hybridized carbons (Fsp3) is 0.867. The Kier molecular flexibility index (Phi) is 6.95. The van der Waals surface area contributed by atoms with Gasteiger partial charge in [0.05, 0.1) is 5.41 Å². The first-order valence-electron chi connectivity index (χ1n) is 7.85. The lowest BCUT2D eigenvalue weighted by Crippen LogP contribution is -2.50. The highest BCUT2D eigenvalue weighted by atomic mass is 16.4. The quantitative estimate of drug-likeness (QED) is 0.701. The van der Waals surface area contributed by atoms with Crippen LogP contribution in [0.2, 0.25) is 0 Å². The van der Waals surface area contributed by atoms with Crippen LogP contribution in [-0.2, 0) is 4.79 Å². The average molecular weight is 299 g/mol. The summed E-state index contributed by atoms with van der Waals surface area (Å²) in [6, 6.07) is 0.0154. The van der Waals surface area contributed by atoms with Crippen LogP contribution < -0.4 is 5.32 Å². The van der Waals surface area contributed by atoms with E-state index in [4.69, 9.17) is 0 Å². The zero-order chi connectivity index (χ0) is 15.9. The van der Waals surface area contributed by atoms with Crippen molar-refractivity contribution in [3.63, 3.8) is 0 Å². The van der Waals surface area contributed by atoms with E-state index in [1.54, 1.807) is 9.80 Å². The SMILES string of the molecule is CCCC1(C(=O)O)CCN(C(=O)N(C)CCCNC)CC1. The number of piperidine rings is 1. The van der Waals surface area contributed by atoms with Gasteiger partial charge >= 0.3 is 12.0 Å². The Balaban J connectivity index is 2.51. The minimum absolute atomic E-state index is 0.0154. The second-order valence-corrected chi connectivity index (χ2v) is 5.98. The predicted molar refractivity (Wildman–Crippen MR) is 82.4 cm³/mol. The summed E-state index contributed by atoms with van der Waals surface area (Å²) in [5, 5.41) is 12.5. The smallest absolute Gasteiger partial charge is 0.319 e. The maximum Gasteiger partial charge on any atom is 0.319 e. The van der Waals surface area contributed by atoms with Gasteiger partial charge in [-0.2, -0.15) is 0 Å². The Morgan fingerprint density at radius 3 is 2.43 bits per heavy atom. The standard InChI is InChI=1S/C15H29N3O3/c1-4-6-15(13(19)20)7-11-18(12-8-15)14(21)17(3)10-5-9-16-2/h16H,4-12H2,1-3H3,(H,19,20). The molecule has 0 aromatic carbocycles. The van der Waals surface area contributed by atoms with E-state index >= 15 is 0 Å². The van der Waals surface area contributed by atoms with Crippen molar-refractivity contribution in [1.82, 2.24) is 15.1 Å². The van der Waals surface area contributed by atoms with Gasteiger partial charge in [0, 0.05) is 26.7 Å². The van der Waals surface area contributed by atoms with Crippen molar-refractivity contribution >= 4 is 12.0 Å². The number of nitrogens with zero attached hydrogens (tertiary/aromatic N) is 2. The minimum atomic E-state index is -0.709. The molecule has 0 unspecified atom stereocenters. The highest BCUT2D eigenvalue weighted by Gasteiger charge is 2.41. The molecule has 0 aromatic heterocycles. The first kappa shape index (κ1) is 17.8. The third-order valence-electron chi connectivity index (χ3n) is 4.42. The van der Waals surface area contributed by atoms with E-state index in [0.717, 1.165) is 25.9 Å². The third-order valence-corrected chi connectivity index (χ3v) is 4.42. The molecule has 122 valence electrons. The van der Waals surface area contributed by atoms with Crippen molar-refractivity contribution in [3.8, 4) is 0 Å². The molecule has 1 fully saturated rings. The molecule has 2 amide bonds. The molecule has 0 spiro atoms. The Morgan fingerprint density at radius 1 is 1.33 bits per heavy atom. The van der Waals surface area contributed by atoms with Gasteiger partial charge in [-0.15, -0.1) is 0 Å². The number of urea groups is 1. The molecule has 6 nitrogen and oxygen atoms in total. The number of hydrogen-bond acceptors (Lipinski definition) is 3. The maximum absolute atomic E-state index is 12.3. The van der Waals surface area contributed by atoms with Crippen LogP contribution in [0.5, 0.6) is 0 Å². The highest BCUT2D eigenvalue weighted by molar-refractivity contribution is 5.77. The van der Waals surface area contributed by atoms with Crippen LogP contribution in [-0.4, -0.2) is 67.2 Å². The van der Waals surface area contributed by atoms with E-state index in [1.807, 2.05) is 21.0 Å². The van der Waals surface area contributed by atoms with Gasteiger partial charge in [-0.3, -0.25) is 4.79 Å². The summed E-state index contributed by atoms with van der Waals surface area (Å²) in [5.74, 6) is -0.709. The van der Waals surface area contributed by atoms with Crippen LogP contribution in [0, 0.1) is 5.41 Å². The number of carboxylic acids is 1. The van der Waals surface area contributed by atoms with Crippen molar-refractivity contribution in [1.29, 1.82) is 0 Å². The molecule has 0 saturated carbocycles. The van der Waals surface area contributed by atoms with Gasteiger partial charge in [-0.25, -0.2) is 4.79 Å². The number of nitrogens with one attached hydrogen (secondary N) is 1. The molecule has 0 radical (unpaired) electrons. The lowest BCUT2D eigenvalue weighted by atomic mass is 9.75. The van der Waals surface area contributed by atoms with Crippen molar-refractivity contribution in [2.75, 3.05) is 40.3 Å². The zero-order valence-electron chi connectivity index (χ0n) is 13.5. The Bertz CT molecular complexity index is 352. The van der Waals surface area contributed by atoms with E-state index in [0.29, 0.717) is 32.4 Å². The van der Waals surface area contributed by atoms with E-state index < -0.39 is 11.4 Å². The Hall–Kier alpha value is -1.30. The molecule has 1 aliphatic heterocycles. The number of aliphatic carboxylic acids is 1. The van der Waals surface area contributed by atoms with Crippen LogP contribution in [0.3, 0.4) is 0 Å². The van der Waals surface area contributed by atoms with Gasteiger partial charge in [-0.05, 0) is 39.3 Å². The van der Waals surface area contributed by atoms with Crippen molar-refractivity contribution in [2.24, 2.45) is 5.41 Å². The molecule has 0 atom stereocenters. The number of carboxylic acid groups (broad SMARTS) is 1. The number of likely N-dealkylation sites (tertiary alicyclic amines) is 1. The number of rotatable bonds is 7. The van der Waals surface area contributed by atoms with E-state index in [2.05, 4.69) is 5.32 Å². The normalized spacial score (nSPS) is 17.6. The molecule has 0 bridgehead atoms. The lowest BCUT2D eigenvalue weighted by molar-refractivity contribution is -0.152. The molecule has 6 heteroatoms. The van der Waals surface area contributed by atoms with Crippen molar-refractivity contribution < 1.29 is 14.7 Å². The number of amides is 2. The van der Waals surface area contributed by atoms with E-state index in [9.17, 15) is 14.7 Å². The summed E-state index contributed by atoms with van der Waals surface area (Å²) >= 11 is 0. The summed E-state index contributed by atoms with van der Waals surface area (Å²) in [6.07, 6.45) is 3.60. The lowest BCUT2D eigenvalue weighted by Gasteiger charge is -2.40. The summed E-state index contributed by atoms with van der Waals surface area (Å²) in [5.41, 5.74) is -0.629. The van der Waals surface area contributed by atoms with Gasteiger partial charge in [-0.1, -0.05) is 13.3 Å². The second kappa shape index (κ2) is 8.22. The summed E-state index contributed by atoms with van der Waals surface area (Å²) in [4.78, 5) is 27.4. The van der Waals surface area contributed by atoms with Crippen molar-refractivity contribution in [3.05, 3.63) is 0 Å². The number of carbonyl (C=O) groups is 2. The van der Waals surface area contributed by atoms with Crippen LogP contribution in [0.1, 0.15) is 39.0 Å². The minimum Gasteiger partial charge on any atom is -0.481 e. The van der Waals surface area contributed by atoms with Crippen molar-refractivity contribution in [2.45, 2.75) is 39.0 Å². The molecular weight excluding hydrogens is 270 g/mol. The third kappa shape index (κ3) is 4.59. The molecule has 21 heavy (non-hydrogen) atoms. The average Bonchev–Trinajstić information content (AvgIpc) is 2.47. The monoisotopic (exact) mass is 299 g/mol. The maximum atomic E-state index is 12.3. The first-order chi connectivity index (χ1) is 9.96. The van der Waals surface area contributed by atoms with Crippen LogP contribution in [0.4, 0.5) is 4.79 Å². The zero-order valence-corrected chi connectivity index (χ0v) is 13.5. The summed E-state index contributed by atoms with van der Waals surface area (Å²) in [6.45, 7) is 4.70. The topological polar surface area (TPSA) is 72.9 Å². The Labute approximate surface area is 127 Å². The Morgan fingerprint density at radius 2 is 1.95 bits per heavy atom. The molecule has 1 rings (SSSR count). The molecule has 2 N–H and O–H groups in total. The van der Waals surface area contributed by atoms with E-state index in [1.165, 1.54) is 0 Å². The fourth-order valence-corrected chi connectivity index (χ4v) is 3.01. The largest absolute Gasteiger partial charge is 0.481 e. The number of hydrogen-bond donors (Lipinski definition) is 2. The fourth-order valence-electron chi connectivity index (χ4n) is 3.01. The van der Waals surface area contributed by atoms with Gasteiger partial charge < -0.3 is 20.2 Å². The first-order valence-corrected chi connectivity index (χ1v) is 7.85. The number of carbonyl (C=O) groups excluding carboxylic acids is 1. The van der Waals surface area contributed by atoms with Gasteiger partial charge in [0.15, 0.2) is 0 Å². The van der Waals surface area contributed by atoms with Gasteiger partial charge in [0.2, 0.25) is 0 Å².